The molecule has 25 heavy (non-hydrogen) atoms. The molecule has 6 nitrogen and oxygen atoms in total. The Labute approximate surface area is 146 Å². The Morgan fingerprint density at radius 2 is 1.76 bits per heavy atom. The molecule has 0 aliphatic carbocycles. The van der Waals surface area contributed by atoms with Gasteiger partial charge in [0.2, 0.25) is 5.95 Å². The molecule has 0 aliphatic rings. The maximum absolute atomic E-state index is 12.1. The molecular weight excluding hydrogens is 314 g/mol. The Bertz CT molecular complexity index is 817. The molecule has 0 spiro atoms. The summed E-state index contributed by atoms with van der Waals surface area (Å²) in [7, 11) is 0. The van der Waals surface area contributed by atoms with Crippen LogP contribution < -0.4 is 10.6 Å². The van der Waals surface area contributed by atoms with Crippen LogP contribution in [0.15, 0.2) is 61.1 Å². The highest BCUT2D eigenvalue weighted by Crippen LogP contribution is 2.14. The lowest BCUT2D eigenvalue weighted by Crippen LogP contribution is -2.23. The summed E-state index contributed by atoms with van der Waals surface area (Å²) in [5, 5.41) is 5.91. The predicted molar refractivity (Wildman–Crippen MR) is 96.5 cm³/mol. The molecule has 0 atom stereocenters. The summed E-state index contributed by atoms with van der Waals surface area (Å²) in [6.45, 7) is 2.48. The van der Waals surface area contributed by atoms with E-state index in [9.17, 15) is 4.79 Å². The van der Waals surface area contributed by atoms with E-state index in [2.05, 4.69) is 44.6 Å². The maximum Gasteiger partial charge on any atom is 0.254 e. The highest BCUT2D eigenvalue weighted by atomic mass is 16.1. The number of pyridine rings is 1. The first-order valence-corrected chi connectivity index (χ1v) is 8.10. The molecule has 0 unspecified atom stereocenters. The summed E-state index contributed by atoms with van der Waals surface area (Å²) in [5.74, 6) is 0.218. The fourth-order valence-electron chi connectivity index (χ4n) is 2.24. The van der Waals surface area contributed by atoms with Gasteiger partial charge in [0.25, 0.3) is 5.91 Å². The number of rotatable bonds is 6. The summed E-state index contributed by atoms with van der Waals surface area (Å²) in [6.07, 6.45) is 5.70. The Hall–Kier alpha value is -3.28. The van der Waals surface area contributed by atoms with Gasteiger partial charge in [0, 0.05) is 24.3 Å². The van der Waals surface area contributed by atoms with Gasteiger partial charge in [-0.05, 0) is 36.2 Å². The third-order valence-corrected chi connectivity index (χ3v) is 3.69. The summed E-state index contributed by atoms with van der Waals surface area (Å²) in [6, 6.07) is 13.6. The van der Waals surface area contributed by atoms with Crippen molar-refractivity contribution in [3.8, 4) is 0 Å². The standard InChI is InChI=1S/C19H19N5O/c1-2-14-6-8-16(9-7-14)24-19-22-11-15(12-23-19)18(25)21-13-17-5-3-4-10-20-17/h3-12H,2,13H2,1H3,(H,21,25)(H,22,23,24). The van der Waals surface area contributed by atoms with Crippen LogP contribution >= 0.6 is 0 Å². The second-order valence-corrected chi connectivity index (χ2v) is 5.47. The first kappa shape index (κ1) is 16.6. The smallest absolute Gasteiger partial charge is 0.254 e. The molecule has 0 fully saturated rings. The average molecular weight is 333 g/mol. The van der Waals surface area contributed by atoms with Gasteiger partial charge in [0.1, 0.15) is 0 Å². The van der Waals surface area contributed by atoms with Gasteiger partial charge < -0.3 is 10.6 Å². The van der Waals surface area contributed by atoms with Crippen molar-refractivity contribution in [1.29, 1.82) is 0 Å². The van der Waals surface area contributed by atoms with Gasteiger partial charge in [0.15, 0.2) is 0 Å². The lowest BCUT2D eigenvalue weighted by molar-refractivity contribution is 0.0949. The van der Waals surface area contributed by atoms with Crippen LogP contribution in [0, 0.1) is 0 Å². The molecular formula is C19H19N5O. The van der Waals surface area contributed by atoms with Crippen LogP contribution in [0.25, 0.3) is 0 Å². The molecule has 0 radical (unpaired) electrons. The van der Waals surface area contributed by atoms with E-state index in [1.807, 2.05) is 30.3 Å². The maximum atomic E-state index is 12.1. The third-order valence-electron chi connectivity index (χ3n) is 3.69. The van der Waals surface area contributed by atoms with Crippen molar-refractivity contribution in [2.75, 3.05) is 5.32 Å². The van der Waals surface area contributed by atoms with E-state index in [1.54, 1.807) is 6.20 Å². The minimum atomic E-state index is -0.232. The summed E-state index contributed by atoms with van der Waals surface area (Å²) in [4.78, 5) is 24.7. The van der Waals surface area contributed by atoms with Crippen LogP contribution in [0.5, 0.6) is 0 Å². The van der Waals surface area contributed by atoms with Gasteiger partial charge in [-0.25, -0.2) is 9.97 Å². The summed E-state index contributed by atoms with van der Waals surface area (Å²) < 4.78 is 0. The van der Waals surface area contributed by atoms with Gasteiger partial charge in [-0.2, -0.15) is 0 Å². The molecule has 0 saturated carbocycles. The Morgan fingerprint density at radius 3 is 2.40 bits per heavy atom. The van der Waals surface area contributed by atoms with Crippen LogP contribution in [0.1, 0.15) is 28.5 Å². The Kier molecular flexibility index (Phi) is 5.31. The van der Waals surface area contributed by atoms with Crippen LogP contribution in [-0.2, 0) is 13.0 Å². The lowest BCUT2D eigenvalue weighted by atomic mass is 10.1. The number of amides is 1. The van der Waals surface area contributed by atoms with Crippen molar-refractivity contribution in [3.63, 3.8) is 0 Å². The SMILES string of the molecule is CCc1ccc(Nc2ncc(C(=O)NCc3ccccn3)cn2)cc1. The van der Waals surface area contributed by atoms with Crippen molar-refractivity contribution in [2.45, 2.75) is 19.9 Å². The zero-order chi connectivity index (χ0) is 17.5. The Balaban J connectivity index is 1.58. The normalized spacial score (nSPS) is 10.3. The van der Waals surface area contributed by atoms with Crippen molar-refractivity contribution in [2.24, 2.45) is 0 Å². The molecule has 1 aromatic carbocycles. The molecule has 3 aromatic rings. The first-order valence-electron chi connectivity index (χ1n) is 8.10. The van der Waals surface area contributed by atoms with E-state index in [0.717, 1.165) is 17.8 Å². The molecule has 2 heterocycles. The number of benzene rings is 1. The molecule has 0 saturated heterocycles. The van der Waals surface area contributed by atoms with Crippen molar-refractivity contribution < 1.29 is 4.79 Å². The van der Waals surface area contributed by atoms with Gasteiger partial charge >= 0.3 is 0 Å². The minimum absolute atomic E-state index is 0.232. The van der Waals surface area contributed by atoms with Crippen LogP contribution in [0.3, 0.4) is 0 Å². The number of carbonyl (C=O) groups excluding carboxylic acids is 1. The van der Waals surface area contributed by atoms with Crippen molar-refractivity contribution in [3.05, 3.63) is 77.9 Å². The average Bonchev–Trinajstić information content (AvgIpc) is 2.68. The summed E-state index contributed by atoms with van der Waals surface area (Å²) >= 11 is 0. The minimum Gasteiger partial charge on any atom is -0.346 e. The van der Waals surface area contributed by atoms with Crippen LogP contribution in [-0.4, -0.2) is 20.9 Å². The molecule has 126 valence electrons. The van der Waals surface area contributed by atoms with E-state index in [0.29, 0.717) is 18.1 Å². The van der Waals surface area contributed by atoms with Crippen molar-refractivity contribution in [1.82, 2.24) is 20.3 Å². The quantitative estimate of drug-likeness (QED) is 0.724. The van der Waals surface area contributed by atoms with Gasteiger partial charge in [-0.3, -0.25) is 9.78 Å². The fraction of sp³-hybridized carbons (Fsp3) is 0.158. The highest BCUT2D eigenvalue weighted by molar-refractivity contribution is 5.93. The van der Waals surface area contributed by atoms with E-state index in [-0.39, 0.29) is 5.91 Å². The van der Waals surface area contributed by atoms with E-state index in [4.69, 9.17) is 0 Å². The number of aryl methyl sites for hydroxylation is 1. The van der Waals surface area contributed by atoms with Gasteiger partial charge in [0.05, 0.1) is 17.8 Å². The fourth-order valence-corrected chi connectivity index (χ4v) is 2.24. The number of aromatic nitrogens is 3. The molecule has 1 amide bonds. The second-order valence-electron chi connectivity index (χ2n) is 5.47. The van der Waals surface area contributed by atoms with Crippen LogP contribution in [0.2, 0.25) is 0 Å². The molecule has 2 N–H and O–H groups in total. The van der Waals surface area contributed by atoms with E-state index >= 15 is 0 Å². The zero-order valence-electron chi connectivity index (χ0n) is 13.9. The topological polar surface area (TPSA) is 79.8 Å². The van der Waals surface area contributed by atoms with E-state index < -0.39 is 0 Å². The molecule has 2 aromatic heterocycles. The van der Waals surface area contributed by atoms with Crippen LogP contribution in [0.4, 0.5) is 11.6 Å². The largest absolute Gasteiger partial charge is 0.346 e. The Morgan fingerprint density at radius 1 is 1.00 bits per heavy atom. The zero-order valence-corrected chi connectivity index (χ0v) is 13.9. The number of hydrogen-bond acceptors (Lipinski definition) is 5. The number of anilines is 2. The molecule has 0 bridgehead atoms. The van der Waals surface area contributed by atoms with E-state index in [1.165, 1.54) is 18.0 Å². The molecule has 6 heteroatoms. The number of carbonyl (C=O) groups is 1. The predicted octanol–water partition coefficient (Wildman–Crippen LogP) is 3.11. The van der Waals surface area contributed by atoms with Crippen molar-refractivity contribution >= 4 is 17.5 Å². The lowest BCUT2D eigenvalue weighted by Gasteiger charge is -2.07. The summed E-state index contributed by atoms with van der Waals surface area (Å²) in [5.41, 5.74) is 3.38. The monoisotopic (exact) mass is 333 g/mol. The third kappa shape index (κ3) is 4.60. The highest BCUT2D eigenvalue weighted by Gasteiger charge is 2.07. The first-order chi connectivity index (χ1) is 12.2. The number of nitrogens with one attached hydrogen (secondary N) is 2. The second kappa shape index (κ2) is 8.01. The number of nitrogens with zero attached hydrogens (tertiary/aromatic N) is 3. The molecule has 3 rings (SSSR count). The number of hydrogen-bond donors (Lipinski definition) is 2. The van der Waals surface area contributed by atoms with Gasteiger partial charge in [-0.15, -0.1) is 0 Å². The van der Waals surface area contributed by atoms with Gasteiger partial charge in [-0.1, -0.05) is 25.1 Å². The molecule has 0 aliphatic heterocycles.